The summed E-state index contributed by atoms with van der Waals surface area (Å²) in [7, 11) is 0. The molecular formula is C12H16Se2. The molecule has 14 heavy (non-hydrogen) atoms. The summed E-state index contributed by atoms with van der Waals surface area (Å²) in [5.74, 6) is 4.62. The van der Waals surface area contributed by atoms with Gasteiger partial charge in [0.25, 0.3) is 0 Å². The van der Waals surface area contributed by atoms with Crippen molar-refractivity contribution in [2.75, 3.05) is 0 Å². The Balaban J connectivity index is 2.38. The topological polar surface area (TPSA) is 0 Å². The van der Waals surface area contributed by atoms with Crippen molar-refractivity contribution >= 4 is 29.9 Å². The zero-order valence-electron chi connectivity index (χ0n) is 8.69. The Morgan fingerprint density at radius 1 is 1.14 bits per heavy atom. The third-order valence-electron chi connectivity index (χ3n) is 1.99. The van der Waals surface area contributed by atoms with Crippen LogP contribution in [0.15, 0.2) is 39.8 Å². The molecule has 0 N–H and O–H groups in total. The van der Waals surface area contributed by atoms with Gasteiger partial charge in [0.2, 0.25) is 0 Å². The summed E-state index contributed by atoms with van der Waals surface area (Å²) in [5, 5.41) is 0. The van der Waals surface area contributed by atoms with Gasteiger partial charge in [-0.25, -0.2) is 0 Å². The van der Waals surface area contributed by atoms with Crippen LogP contribution in [0.3, 0.4) is 0 Å². The Labute approximate surface area is 99.5 Å². The molecule has 76 valence electrons. The molecule has 0 unspecified atom stereocenters. The van der Waals surface area contributed by atoms with Gasteiger partial charge in [0, 0.05) is 0 Å². The Morgan fingerprint density at radius 3 is 2.36 bits per heavy atom. The van der Waals surface area contributed by atoms with Gasteiger partial charge in [0.1, 0.15) is 0 Å². The molecule has 0 radical (unpaired) electrons. The van der Waals surface area contributed by atoms with Gasteiger partial charge in [-0.2, -0.15) is 0 Å². The summed E-state index contributed by atoms with van der Waals surface area (Å²) in [6.07, 6.45) is 4.86. The predicted molar refractivity (Wildman–Crippen MR) is 66.1 cm³/mol. The molecule has 2 heteroatoms. The van der Waals surface area contributed by atoms with Crippen molar-refractivity contribution < 1.29 is 0 Å². The van der Waals surface area contributed by atoms with E-state index in [2.05, 4.69) is 48.1 Å². The first-order valence-electron chi connectivity index (χ1n) is 4.69. The molecule has 0 saturated heterocycles. The fraction of sp³-hybridized carbons (Fsp3) is 0.333. The van der Waals surface area contributed by atoms with Crippen LogP contribution in [0.25, 0.3) is 0 Å². The molecule has 0 aliphatic carbocycles. The second kappa shape index (κ2) is 7.31. The predicted octanol–water partition coefficient (Wildman–Crippen LogP) is 2.97. The van der Waals surface area contributed by atoms with E-state index in [1.165, 1.54) is 18.4 Å². The number of hydrogen-bond acceptors (Lipinski definition) is 0. The molecule has 0 nitrogen and oxygen atoms in total. The van der Waals surface area contributed by atoms with Gasteiger partial charge in [0.15, 0.2) is 0 Å². The zero-order valence-corrected chi connectivity index (χ0v) is 12.1. The van der Waals surface area contributed by atoms with Crippen molar-refractivity contribution in [2.24, 2.45) is 0 Å². The maximum atomic E-state index is 2.45. The Bertz CT molecular complexity index is 272. The molecule has 0 aromatic heterocycles. The standard InChI is InChI=1S/C12H16Se2/c1-13-12(14-2)10-6-9-11-7-4-3-5-8-11/h3-5,7-8,10H,6,9H2,1-2H3. The fourth-order valence-electron chi connectivity index (χ4n) is 1.25. The van der Waals surface area contributed by atoms with E-state index in [-0.39, 0.29) is 0 Å². The van der Waals surface area contributed by atoms with Crippen LogP contribution in [-0.2, 0) is 6.42 Å². The van der Waals surface area contributed by atoms with Crippen LogP contribution in [0.1, 0.15) is 12.0 Å². The van der Waals surface area contributed by atoms with Crippen molar-refractivity contribution in [3.8, 4) is 0 Å². The number of benzene rings is 1. The Hall–Kier alpha value is -0.00104. The summed E-state index contributed by atoms with van der Waals surface area (Å²) in [6, 6.07) is 10.7. The normalized spacial score (nSPS) is 9.86. The van der Waals surface area contributed by atoms with Crippen LogP contribution in [-0.4, -0.2) is 29.9 Å². The first-order chi connectivity index (χ1) is 6.86. The van der Waals surface area contributed by atoms with Gasteiger partial charge in [0.05, 0.1) is 0 Å². The second-order valence-corrected chi connectivity index (χ2v) is 7.82. The average molecular weight is 318 g/mol. The zero-order chi connectivity index (χ0) is 10.2. The molecule has 0 amide bonds. The van der Waals surface area contributed by atoms with Crippen LogP contribution in [0.4, 0.5) is 0 Å². The first-order valence-corrected chi connectivity index (χ1v) is 9.83. The molecule has 0 atom stereocenters. The van der Waals surface area contributed by atoms with E-state index in [4.69, 9.17) is 0 Å². The summed E-state index contributed by atoms with van der Waals surface area (Å²) in [4.78, 5) is 0. The van der Waals surface area contributed by atoms with Gasteiger partial charge < -0.3 is 0 Å². The number of rotatable bonds is 5. The summed E-state index contributed by atoms with van der Waals surface area (Å²) < 4.78 is 1.71. The SMILES string of the molecule is C[Se]C(=CCCc1ccccc1)[Se]C. The molecule has 1 rings (SSSR count). The van der Waals surface area contributed by atoms with Crippen molar-refractivity contribution in [1.29, 1.82) is 0 Å². The summed E-state index contributed by atoms with van der Waals surface area (Å²) in [6.45, 7) is 0. The van der Waals surface area contributed by atoms with Crippen LogP contribution in [0.2, 0.25) is 11.6 Å². The third kappa shape index (κ3) is 4.48. The number of allylic oxidation sites excluding steroid dienone is 1. The van der Waals surface area contributed by atoms with E-state index >= 15 is 0 Å². The monoisotopic (exact) mass is 320 g/mol. The number of aryl methyl sites for hydroxylation is 1. The van der Waals surface area contributed by atoms with Gasteiger partial charge in [-0.05, 0) is 0 Å². The Kier molecular flexibility index (Phi) is 6.30. The van der Waals surface area contributed by atoms with E-state index in [0.717, 1.165) is 29.9 Å². The van der Waals surface area contributed by atoms with Crippen LogP contribution in [0.5, 0.6) is 0 Å². The molecule has 0 fully saturated rings. The molecule has 0 bridgehead atoms. The van der Waals surface area contributed by atoms with Crippen LogP contribution in [0, 0.1) is 0 Å². The summed E-state index contributed by atoms with van der Waals surface area (Å²) in [5.41, 5.74) is 1.45. The van der Waals surface area contributed by atoms with Crippen LogP contribution >= 0.6 is 0 Å². The van der Waals surface area contributed by atoms with E-state index < -0.39 is 0 Å². The molecule has 0 spiro atoms. The second-order valence-electron chi connectivity index (χ2n) is 2.96. The third-order valence-corrected chi connectivity index (χ3v) is 8.01. The minimum absolute atomic E-state index is 0.728. The van der Waals surface area contributed by atoms with E-state index in [9.17, 15) is 0 Å². The number of hydrogen-bond donors (Lipinski definition) is 0. The first kappa shape index (κ1) is 12.1. The molecule has 1 aromatic rings. The molecule has 0 saturated carbocycles. The van der Waals surface area contributed by atoms with Gasteiger partial charge in [-0.1, -0.05) is 0 Å². The summed E-state index contributed by atoms with van der Waals surface area (Å²) >= 11 is 1.46. The van der Waals surface area contributed by atoms with E-state index in [1.807, 2.05) is 0 Å². The van der Waals surface area contributed by atoms with Crippen LogP contribution < -0.4 is 0 Å². The molecule has 0 aliphatic heterocycles. The minimum atomic E-state index is 0.728. The quantitative estimate of drug-likeness (QED) is 0.732. The molecule has 1 aromatic carbocycles. The fourth-order valence-corrected chi connectivity index (χ4v) is 4.61. The van der Waals surface area contributed by atoms with Gasteiger partial charge in [-0.3, -0.25) is 0 Å². The van der Waals surface area contributed by atoms with Crippen molar-refractivity contribution in [1.82, 2.24) is 0 Å². The van der Waals surface area contributed by atoms with E-state index in [0.29, 0.717) is 0 Å². The van der Waals surface area contributed by atoms with Crippen molar-refractivity contribution in [3.63, 3.8) is 0 Å². The van der Waals surface area contributed by atoms with Gasteiger partial charge in [-0.15, -0.1) is 0 Å². The Morgan fingerprint density at radius 2 is 1.79 bits per heavy atom. The maximum absolute atomic E-state index is 2.45. The molecule has 0 aliphatic rings. The van der Waals surface area contributed by atoms with E-state index in [1.54, 1.807) is 3.37 Å². The van der Waals surface area contributed by atoms with Gasteiger partial charge >= 0.3 is 99.7 Å². The average Bonchev–Trinajstić information content (AvgIpc) is 2.26. The van der Waals surface area contributed by atoms with Crippen molar-refractivity contribution in [2.45, 2.75) is 24.5 Å². The molecular weight excluding hydrogens is 302 g/mol. The van der Waals surface area contributed by atoms with Crippen molar-refractivity contribution in [3.05, 3.63) is 45.3 Å². The molecule has 0 heterocycles.